The Kier molecular flexibility index (Phi) is 11.8. The maximum atomic E-state index is 13.8. The molecule has 0 fully saturated rings. The third-order valence-electron chi connectivity index (χ3n) is 4.43. The molecule has 0 amide bonds. The summed E-state index contributed by atoms with van der Waals surface area (Å²) in [5, 5.41) is -13.7. The zero-order valence-corrected chi connectivity index (χ0v) is 22.5. The predicted octanol–water partition coefficient (Wildman–Crippen LogP) is 6.38. The van der Waals surface area contributed by atoms with Gasteiger partial charge in [0, 0.05) is 16.8 Å². The number of hydrogen-bond donors (Lipinski definition) is 2. The lowest BCUT2D eigenvalue weighted by Crippen LogP contribution is -2.56. The van der Waals surface area contributed by atoms with E-state index in [1.54, 1.807) is 0 Å². The van der Waals surface area contributed by atoms with E-state index in [1.165, 1.54) is 0 Å². The van der Waals surface area contributed by atoms with Gasteiger partial charge in [0.2, 0.25) is 0 Å². The Labute approximate surface area is 231 Å². The summed E-state index contributed by atoms with van der Waals surface area (Å²) in [7, 11) is -14.4. The Morgan fingerprint density at radius 3 is 1.20 bits per heavy atom. The Hall–Kier alpha value is -0.650. The first-order chi connectivity index (χ1) is 17.5. The van der Waals surface area contributed by atoms with Crippen molar-refractivity contribution in [3.63, 3.8) is 0 Å². The molecule has 0 rings (SSSR count). The maximum absolute atomic E-state index is 13.8. The fraction of sp³-hybridized carbons (Fsp3) is 1.00. The number of unbranched alkanes of at least 4 members (excludes halogenated alkanes) is 1. The lowest BCUT2D eigenvalue weighted by molar-refractivity contribution is -0.457. The molecule has 0 spiro atoms. The summed E-state index contributed by atoms with van der Waals surface area (Å²) in [5.41, 5.74) is 0. The van der Waals surface area contributed by atoms with Gasteiger partial charge in [-0.05, 0) is 12.8 Å². The lowest BCUT2D eigenvalue weighted by atomic mass is 10.0. The van der Waals surface area contributed by atoms with E-state index in [4.69, 9.17) is 9.11 Å². The molecule has 8 nitrogen and oxygen atoms in total. The van der Waals surface area contributed by atoms with Crippen molar-refractivity contribution in [3.8, 4) is 0 Å². The van der Waals surface area contributed by atoms with Crippen molar-refractivity contribution in [2.75, 3.05) is 0 Å². The minimum atomic E-state index is -7.19. The Bertz CT molecular complexity index is 1130. The highest BCUT2D eigenvalue weighted by molar-refractivity contribution is 14.1. The van der Waals surface area contributed by atoms with Crippen LogP contribution < -0.4 is 0 Å². The van der Waals surface area contributed by atoms with Crippen molar-refractivity contribution >= 4 is 42.8 Å². The van der Waals surface area contributed by atoms with Gasteiger partial charge in [0.05, 0.1) is 0 Å². The second kappa shape index (κ2) is 12.0. The molecule has 0 bridgehead atoms. The van der Waals surface area contributed by atoms with E-state index in [2.05, 4.69) is 0 Å². The summed E-state index contributed by atoms with van der Waals surface area (Å²) in [6, 6.07) is 0. The molecule has 2 N–H and O–H groups in total. The van der Waals surface area contributed by atoms with Gasteiger partial charge in [-0.1, -0.05) is 29.0 Å². The van der Waals surface area contributed by atoms with Gasteiger partial charge in [-0.15, -0.1) is 0 Å². The molecule has 41 heavy (non-hydrogen) atoms. The molecule has 0 aliphatic rings. The van der Waals surface area contributed by atoms with Crippen LogP contribution in [-0.4, -0.2) is 76.7 Å². The fourth-order valence-electron chi connectivity index (χ4n) is 2.25. The molecule has 1 unspecified atom stereocenters. The smallest absolute Gasteiger partial charge is 0.281 e. The van der Waals surface area contributed by atoms with E-state index in [-0.39, 0.29) is 0 Å². The Morgan fingerprint density at radius 2 is 0.878 bits per heavy atom. The molecule has 0 aromatic carbocycles. The second-order valence-corrected chi connectivity index (χ2v) is 12.4. The minimum absolute atomic E-state index is 0.820. The van der Waals surface area contributed by atoms with Crippen LogP contribution in [-0.2, 0) is 29.7 Å². The monoisotopic (exact) mass is 804 g/mol. The highest BCUT2D eigenvalue weighted by Gasteiger charge is 2.75. The molecule has 0 saturated heterocycles. The first-order valence-electron chi connectivity index (χ1n) is 9.52. The lowest BCUT2D eigenvalue weighted by Gasteiger charge is -2.32. The Morgan fingerprint density at radius 1 is 0.561 bits per heavy atom. The van der Waals surface area contributed by atoms with E-state index < -0.39 is 103 Å². The van der Waals surface area contributed by atoms with Crippen LogP contribution in [0.5, 0.6) is 0 Å². The van der Waals surface area contributed by atoms with Gasteiger partial charge in [0.25, 0.3) is 0 Å². The fourth-order valence-corrected chi connectivity index (χ4v) is 3.93. The molecule has 0 aromatic heterocycles. The average Bonchev–Trinajstić information content (AvgIpc) is 2.67. The topological polar surface area (TPSA) is 127 Å². The van der Waals surface area contributed by atoms with Crippen molar-refractivity contribution in [1.29, 1.82) is 0 Å². The van der Waals surface area contributed by atoms with Crippen molar-refractivity contribution in [3.05, 3.63) is 0 Å². The minimum Gasteiger partial charge on any atom is -0.281 e. The number of alkyl halides is 17. The van der Waals surface area contributed by atoms with Crippen molar-refractivity contribution < 1.29 is 106 Å². The van der Waals surface area contributed by atoms with E-state index in [0.29, 0.717) is 0 Å². The maximum Gasteiger partial charge on any atom is 0.460 e. The average molecular weight is 804 g/mol. The highest BCUT2D eigenvalue weighted by atomic mass is 127. The first kappa shape index (κ1) is 40.4. The van der Waals surface area contributed by atoms with Crippen LogP contribution in [0.3, 0.4) is 0 Å². The second-order valence-electron chi connectivity index (χ2n) is 7.71. The van der Waals surface area contributed by atoms with Gasteiger partial charge in [-0.2, -0.15) is 87.1 Å². The molecule has 0 aliphatic carbocycles. The molecular weight excluding hydrogens is 791 g/mol. The quantitative estimate of drug-likeness (QED) is 0.0571. The summed E-state index contributed by atoms with van der Waals surface area (Å²) >= 11 is 0.820. The molecule has 27 heteroatoms. The van der Waals surface area contributed by atoms with Gasteiger partial charge in [-0.3, -0.25) is 9.11 Å². The molecule has 0 radical (unpaired) electrons. The molecule has 0 aliphatic heterocycles. The van der Waals surface area contributed by atoms with Crippen LogP contribution in [0, 0.1) is 0 Å². The SMILES string of the molecule is O=S(=O)(O)C(F)(F)C(F)(F)OC(F)(F)C(F)(F)CCCCC(I)CC(F)(F)C(F)(F)OC(F)(F)C(F)(F)S(=O)(=O)O. The zero-order valence-electron chi connectivity index (χ0n) is 18.7. The van der Waals surface area contributed by atoms with Crippen LogP contribution in [0.2, 0.25) is 0 Å². The van der Waals surface area contributed by atoms with Gasteiger partial charge < -0.3 is 0 Å². The largest absolute Gasteiger partial charge is 0.460 e. The first-order valence-corrected chi connectivity index (χ1v) is 13.6. The summed E-state index contributed by atoms with van der Waals surface area (Å²) in [6.45, 7) is 0. The summed E-state index contributed by atoms with van der Waals surface area (Å²) < 4.78 is 272. The predicted molar refractivity (Wildman–Crippen MR) is 106 cm³/mol. The normalized spacial score (nSPS) is 16.7. The summed E-state index contributed by atoms with van der Waals surface area (Å²) in [5.74, 6) is -11.7. The van der Waals surface area contributed by atoms with Crippen LogP contribution in [0.15, 0.2) is 0 Å². The molecule has 0 aromatic rings. The zero-order chi connectivity index (χ0) is 33.5. The van der Waals surface area contributed by atoms with E-state index in [1.807, 2.05) is 9.47 Å². The van der Waals surface area contributed by atoms with Gasteiger partial charge >= 0.3 is 67.0 Å². The standard InChI is InChI=1S/C14H13F16IO8S2/c15-7(16,9(19,20)38-11(23,24)13(27,28)40(32,33)34)4-2-1-3-6(31)5-8(17,18)10(21,22)39-12(25,26)14(29,30)41(35,36)37/h6H,1-5H2,(H,32,33,34)(H,35,36,37). The van der Waals surface area contributed by atoms with Crippen molar-refractivity contribution in [2.24, 2.45) is 0 Å². The van der Waals surface area contributed by atoms with Gasteiger partial charge in [-0.25, -0.2) is 9.47 Å². The number of rotatable bonds is 17. The van der Waals surface area contributed by atoms with Crippen LogP contribution in [0.1, 0.15) is 32.1 Å². The third-order valence-corrected chi connectivity index (χ3v) is 7.26. The molecule has 1 atom stereocenters. The van der Waals surface area contributed by atoms with Crippen molar-refractivity contribution in [2.45, 2.75) is 82.8 Å². The van der Waals surface area contributed by atoms with Crippen LogP contribution >= 0.6 is 22.6 Å². The number of ether oxygens (including phenoxy) is 2. The summed E-state index contributed by atoms with van der Waals surface area (Å²) in [6.07, 6.45) is -35.0. The number of hydrogen-bond acceptors (Lipinski definition) is 6. The summed E-state index contributed by atoms with van der Waals surface area (Å²) in [4.78, 5) is 0. The third kappa shape index (κ3) is 8.94. The highest BCUT2D eigenvalue weighted by Crippen LogP contribution is 2.50. The van der Waals surface area contributed by atoms with Crippen LogP contribution in [0.4, 0.5) is 70.2 Å². The van der Waals surface area contributed by atoms with Gasteiger partial charge in [0.15, 0.2) is 0 Å². The van der Waals surface area contributed by atoms with E-state index in [9.17, 15) is 87.1 Å². The molecule has 0 saturated carbocycles. The van der Waals surface area contributed by atoms with Crippen LogP contribution in [0.25, 0.3) is 0 Å². The number of halogens is 17. The van der Waals surface area contributed by atoms with E-state index in [0.717, 1.165) is 22.6 Å². The van der Waals surface area contributed by atoms with E-state index >= 15 is 0 Å². The van der Waals surface area contributed by atoms with Crippen molar-refractivity contribution in [1.82, 2.24) is 0 Å². The van der Waals surface area contributed by atoms with Gasteiger partial charge in [0.1, 0.15) is 0 Å². The Balaban J connectivity index is 5.32. The molecule has 248 valence electrons. The molecule has 0 heterocycles. The molecular formula is C14H13F16IO8S2.